The van der Waals surface area contributed by atoms with Crippen LogP contribution in [0.3, 0.4) is 0 Å². The van der Waals surface area contributed by atoms with Gasteiger partial charge in [-0.25, -0.2) is 0 Å². The second-order valence-electron chi connectivity index (χ2n) is 4.38. The molecule has 0 radical (unpaired) electrons. The lowest BCUT2D eigenvalue weighted by molar-refractivity contribution is 1.12. The molecule has 1 heterocycles. The fraction of sp³-hybridized carbons (Fsp3) is 0.0714. The maximum absolute atomic E-state index is 6.01. The largest absolute Gasteiger partial charge is 0.397 e. The molecule has 0 fully saturated rings. The van der Waals surface area contributed by atoms with E-state index in [1.807, 2.05) is 36.4 Å². The molecule has 5 heteroatoms. The molecule has 0 bridgehead atoms. The lowest BCUT2D eigenvalue weighted by Crippen LogP contribution is -2.02. The smallest absolute Gasteiger partial charge is 0.0672 e. The van der Waals surface area contributed by atoms with Crippen LogP contribution >= 0.6 is 11.6 Å². The van der Waals surface area contributed by atoms with Gasteiger partial charge in [-0.05, 0) is 29.8 Å². The zero-order valence-corrected chi connectivity index (χ0v) is 10.9. The summed E-state index contributed by atoms with van der Waals surface area (Å²) in [6.45, 7) is 0.671. The molecule has 4 nitrogen and oxygen atoms in total. The number of hydrogen-bond donors (Lipinski definition) is 3. The van der Waals surface area contributed by atoms with Crippen molar-refractivity contribution < 1.29 is 0 Å². The molecule has 0 aliphatic carbocycles. The van der Waals surface area contributed by atoms with Crippen LogP contribution in [0.15, 0.2) is 42.6 Å². The zero-order chi connectivity index (χ0) is 13.2. The number of nitrogens with zero attached hydrogens (tertiary/aromatic N) is 1. The minimum atomic E-state index is 0.671. The highest BCUT2D eigenvalue weighted by atomic mass is 35.5. The minimum absolute atomic E-state index is 0.671. The fourth-order valence-electron chi connectivity index (χ4n) is 2.01. The number of nitrogens with one attached hydrogen (secondary N) is 2. The summed E-state index contributed by atoms with van der Waals surface area (Å²) in [4.78, 5) is 0. The van der Waals surface area contributed by atoms with Gasteiger partial charge < -0.3 is 11.1 Å². The average Bonchev–Trinajstić information content (AvgIpc) is 2.83. The predicted octanol–water partition coefficient (Wildman–Crippen LogP) is 3.41. The average molecular weight is 273 g/mol. The Bertz CT molecular complexity index is 720. The number of H-pyrrole nitrogens is 1. The normalized spacial score (nSPS) is 10.8. The van der Waals surface area contributed by atoms with Gasteiger partial charge in [-0.3, -0.25) is 5.10 Å². The van der Waals surface area contributed by atoms with E-state index in [-0.39, 0.29) is 0 Å². The molecule has 2 aromatic carbocycles. The Morgan fingerprint density at radius 2 is 2.16 bits per heavy atom. The number of benzene rings is 2. The molecule has 3 rings (SSSR count). The van der Waals surface area contributed by atoms with Gasteiger partial charge in [0.2, 0.25) is 0 Å². The van der Waals surface area contributed by atoms with E-state index in [4.69, 9.17) is 17.3 Å². The Balaban J connectivity index is 1.83. The summed E-state index contributed by atoms with van der Waals surface area (Å²) in [7, 11) is 0. The van der Waals surface area contributed by atoms with Crippen LogP contribution in [0.4, 0.5) is 11.4 Å². The number of fused-ring (bicyclic) bond motifs is 1. The molecule has 0 saturated carbocycles. The topological polar surface area (TPSA) is 66.7 Å². The zero-order valence-electron chi connectivity index (χ0n) is 10.2. The van der Waals surface area contributed by atoms with Crippen LogP contribution in [0.1, 0.15) is 5.56 Å². The van der Waals surface area contributed by atoms with Crippen molar-refractivity contribution in [1.82, 2.24) is 10.2 Å². The number of anilines is 2. The van der Waals surface area contributed by atoms with E-state index in [2.05, 4.69) is 15.5 Å². The molecule has 0 aliphatic heterocycles. The Kier molecular flexibility index (Phi) is 3.01. The van der Waals surface area contributed by atoms with Gasteiger partial charge in [0.15, 0.2) is 0 Å². The van der Waals surface area contributed by atoms with Crippen LogP contribution in [-0.2, 0) is 6.54 Å². The highest BCUT2D eigenvalue weighted by Crippen LogP contribution is 2.25. The summed E-state index contributed by atoms with van der Waals surface area (Å²) in [6, 6.07) is 11.6. The molecule has 0 saturated heterocycles. The van der Waals surface area contributed by atoms with Gasteiger partial charge in [0, 0.05) is 17.0 Å². The standard InChI is InChI=1S/C14H13ClN4/c15-11-3-1-2-9(4-11)7-17-14-6-13-10(5-12(14)16)8-18-19-13/h1-6,8,17H,7,16H2,(H,18,19). The van der Waals surface area contributed by atoms with Gasteiger partial charge in [0.1, 0.15) is 0 Å². The molecule has 0 unspecified atom stereocenters. The third-order valence-corrected chi connectivity index (χ3v) is 3.22. The van der Waals surface area contributed by atoms with Crippen molar-refractivity contribution in [2.75, 3.05) is 11.1 Å². The van der Waals surface area contributed by atoms with Crippen molar-refractivity contribution in [3.8, 4) is 0 Å². The minimum Gasteiger partial charge on any atom is -0.397 e. The van der Waals surface area contributed by atoms with Crippen molar-refractivity contribution in [3.63, 3.8) is 0 Å². The summed E-state index contributed by atoms with van der Waals surface area (Å²) in [5, 5.41) is 12.0. The number of nitrogen functional groups attached to an aromatic ring is 1. The van der Waals surface area contributed by atoms with Crippen LogP contribution < -0.4 is 11.1 Å². The van der Waals surface area contributed by atoms with Crippen molar-refractivity contribution in [2.45, 2.75) is 6.54 Å². The van der Waals surface area contributed by atoms with Crippen molar-refractivity contribution >= 4 is 33.9 Å². The number of nitrogens with two attached hydrogens (primary N) is 1. The summed E-state index contributed by atoms with van der Waals surface area (Å²) < 4.78 is 0. The second kappa shape index (κ2) is 4.82. The number of rotatable bonds is 3. The predicted molar refractivity (Wildman–Crippen MR) is 79.3 cm³/mol. The van der Waals surface area contributed by atoms with E-state index in [0.717, 1.165) is 27.2 Å². The van der Waals surface area contributed by atoms with E-state index in [0.29, 0.717) is 12.2 Å². The lowest BCUT2D eigenvalue weighted by Gasteiger charge is -2.09. The maximum atomic E-state index is 6.01. The third kappa shape index (κ3) is 2.48. The second-order valence-corrected chi connectivity index (χ2v) is 4.82. The van der Waals surface area contributed by atoms with Crippen LogP contribution in [-0.4, -0.2) is 10.2 Å². The monoisotopic (exact) mass is 272 g/mol. The number of aromatic nitrogens is 2. The van der Waals surface area contributed by atoms with E-state index in [1.54, 1.807) is 6.20 Å². The molecule has 0 amide bonds. The molecular weight excluding hydrogens is 260 g/mol. The van der Waals surface area contributed by atoms with E-state index >= 15 is 0 Å². The Morgan fingerprint density at radius 1 is 1.26 bits per heavy atom. The first-order valence-electron chi connectivity index (χ1n) is 5.93. The Hall–Kier alpha value is -2.20. The quantitative estimate of drug-likeness (QED) is 0.640. The molecule has 0 atom stereocenters. The highest BCUT2D eigenvalue weighted by Gasteiger charge is 2.03. The first-order valence-corrected chi connectivity index (χ1v) is 6.31. The van der Waals surface area contributed by atoms with Gasteiger partial charge in [-0.2, -0.15) is 5.10 Å². The molecule has 1 aromatic heterocycles. The van der Waals surface area contributed by atoms with Gasteiger partial charge in [-0.1, -0.05) is 23.7 Å². The van der Waals surface area contributed by atoms with Crippen LogP contribution in [0, 0.1) is 0 Å². The van der Waals surface area contributed by atoms with E-state index in [9.17, 15) is 0 Å². The molecule has 3 aromatic rings. The first-order chi connectivity index (χ1) is 9.22. The summed E-state index contributed by atoms with van der Waals surface area (Å²) in [5.74, 6) is 0. The lowest BCUT2D eigenvalue weighted by atomic mass is 10.2. The first kappa shape index (κ1) is 11.9. The molecular formula is C14H13ClN4. The summed E-state index contributed by atoms with van der Waals surface area (Å²) in [5.41, 5.74) is 9.67. The van der Waals surface area contributed by atoms with Crippen molar-refractivity contribution in [1.29, 1.82) is 0 Å². The summed E-state index contributed by atoms with van der Waals surface area (Å²) in [6.07, 6.45) is 1.76. The third-order valence-electron chi connectivity index (χ3n) is 2.98. The van der Waals surface area contributed by atoms with Crippen LogP contribution in [0.2, 0.25) is 5.02 Å². The van der Waals surface area contributed by atoms with Crippen molar-refractivity contribution in [2.24, 2.45) is 0 Å². The molecule has 0 aliphatic rings. The molecule has 96 valence electrons. The molecule has 4 N–H and O–H groups in total. The van der Waals surface area contributed by atoms with Gasteiger partial charge in [0.05, 0.1) is 23.1 Å². The van der Waals surface area contributed by atoms with Gasteiger partial charge in [0.25, 0.3) is 0 Å². The Labute approximate surface area is 115 Å². The van der Waals surface area contributed by atoms with E-state index in [1.165, 1.54) is 0 Å². The van der Waals surface area contributed by atoms with E-state index < -0.39 is 0 Å². The number of hydrogen-bond acceptors (Lipinski definition) is 3. The fourth-order valence-corrected chi connectivity index (χ4v) is 2.22. The Morgan fingerprint density at radius 3 is 3.00 bits per heavy atom. The van der Waals surface area contributed by atoms with Gasteiger partial charge >= 0.3 is 0 Å². The van der Waals surface area contributed by atoms with Crippen LogP contribution in [0.5, 0.6) is 0 Å². The number of halogens is 1. The highest BCUT2D eigenvalue weighted by molar-refractivity contribution is 6.30. The SMILES string of the molecule is Nc1cc2cn[nH]c2cc1NCc1cccc(Cl)c1. The van der Waals surface area contributed by atoms with Crippen LogP contribution in [0.25, 0.3) is 10.9 Å². The van der Waals surface area contributed by atoms with Gasteiger partial charge in [-0.15, -0.1) is 0 Å². The molecule has 0 spiro atoms. The maximum Gasteiger partial charge on any atom is 0.0672 e. The number of aromatic amines is 1. The summed E-state index contributed by atoms with van der Waals surface area (Å²) >= 11 is 5.96. The van der Waals surface area contributed by atoms with Crippen molar-refractivity contribution in [3.05, 3.63) is 53.2 Å². The molecule has 19 heavy (non-hydrogen) atoms.